The predicted molar refractivity (Wildman–Crippen MR) is 77.6 cm³/mol. The van der Waals surface area contributed by atoms with Crippen molar-refractivity contribution in [1.82, 2.24) is 9.80 Å². The summed E-state index contributed by atoms with van der Waals surface area (Å²) in [6, 6.07) is 0. The molecule has 2 saturated heterocycles. The molecule has 5 heteroatoms. The number of rotatable bonds is 1. The van der Waals surface area contributed by atoms with Crippen LogP contribution in [0.1, 0.15) is 47.0 Å². The second kappa shape index (κ2) is 5.53. The van der Waals surface area contributed by atoms with E-state index in [-0.39, 0.29) is 17.7 Å². The molecule has 1 N–H and O–H groups in total. The van der Waals surface area contributed by atoms with Crippen molar-refractivity contribution in [3.63, 3.8) is 0 Å². The van der Waals surface area contributed by atoms with Crippen LogP contribution in [0.25, 0.3) is 0 Å². The molecule has 0 saturated carbocycles. The van der Waals surface area contributed by atoms with Crippen LogP contribution in [0.3, 0.4) is 0 Å². The van der Waals surface area contributed by atoms with Gasteiger partial charge >= 0.3 is 6.09 Å². The van der Waals surface area contributed by atoms with E-state index < -0.39 is 5.60 Å². The van der Waals surface area contributed by atoms with Gasteiger partial charge in [-0.1, -0.05) is 0 Å². The van der Waals surface area contributed by atoms with Crippen LogP contribution in [0.15, 0.2) is 0 Å². The van der Waals surface area contributed by atoms with Crippen molar-refractivity contribution in [2.45, 2.75) is 64.2 Å². The predicted octanol–water partition coefficient (Wildman–Crippen LogP) is 1.84. The molecule has 2 aliphatic rings. The Kier molecular flexibility index (Phi) is 4.30. The summed E-state index contributed by atoms with van der Waals surface area (Å²) in [6.45, 7) is 11.2. The summed E-state index contributed by atoms with van der Waals surface area (Å²) < 4.78 is 5.45. The normalized spacial score (nSPS) is 29.8. The molecule has 0 bridgehead atoms. The van der Waals surface area contributed by atoms with Crippen LogP contribution in [-0.2, 0) is 4.74 Å². The van der Waals surface area contributed by atoms with Crippen LogP contribution < -0.4 is 0 Å². The lowest BCUT2D eigenvalue weighted by molar-refractivity contribution is 0.0131. The molecule has 0 aromatic rings. The molecule has 5 nitrogen and oxygen atoms in total. The molecule has 0 aromatic heterocycles. The summed E-state index contributed by atoms with van der Waals surface area (Å²) in [5.74, 6) is 0. The first-order chi connectivity index (χ1) is 9.20. The van der Waals surface area contributed by atoms with Gasteiger partial charge < -0.3 is 14.7 Å². The zero-order valence-corrected chi connectivity index (χ0v) is 13.2. The van der Waals surface area contributed by atoms with Crippen LogP contribution in [0.2, 0.25) is 0 Å². The van der Waals surface area contributed by atoms with Crippen molar-refractivity contribution in [3.05, 3.63) is 0 Å². The Morgan fingerprint density at radius 3 is 2.40 bits per heavy atom. The Morgan fingerprint density at radius 1 is 1.25 bits per heavy atom. The highest BCUT2D eigenvalue weighted by Gasteiger charge is 2.42. The minimum absolute atomic E-state index is 0.0248. The molecule has 0 spiro atoms. The first-order valence-corrected chi connectivity index (χ1v) is 7.61. The smallest absolute Gasteiger partial charge is 0.410 e. The maximum Gasteiger partial charge on any atom is 0.410 e. The van der Waals surface area contributed by atoms with Gasteiger partial charge in [0.25, 0.3) is 0 Å². The molecule has 2 heterocycles. The highest BCUT2D eigenvalue weighted by Crippen LogP contribution is 2.31. The van der Waals surface area contributed by atoms with Crippen LogP contribution in [-0.4, -0.2) is 64.4 Å². The van der Waals surface area contributed by atoms with Crippen LogP contribution in [0, 0.1) is 0 Å². The molecule has 20 heavy (non-hydrogen) atoms. The monoisotopic (exact) mass is 284 g/mol. The van der Waals surface area contributed by atoms with E-state index in [9.17, 15) is 9.90 Å². The lowest BCUT2D eigenvalue weighted by atomic mass is 9.95. The van der Waals surface area contributed by atoms with Crippen molar-refractivity contribution in [1.29, 1.82) is 0 Å². The van der Waals surface area contributed by atoms with Gasteiger partial charge in [-0.25, -0.2) is 4.79 Å². The molecule has 0 radical (unpaired) electrons. The molecule has 116 valence electrons. The molecule has 0 aromatic carbocycles. The SMILES string of the molecule is CC(C)(C)OC(=O)N1CCC(C)(N2CCC(O)CC2)C1. The minimum atomic E-state index is -0.439. The number of aliphatic hydroxyl groups excluding tert-OH is 1. The van der Waals surface area contributed by atoms with Crippen LogP contribution in [0.5, 0.6) is 0 Å². The lowest BCUT2D eigenvalue weighted by Gasteiger charge is -2.42. The Bertz CT molecular complexity index is 359. The summed E-state index contributed by atoms with van der Waals surface area (Å²) in [5, 5.41) is 9.61. The van der Waals surface area contributed by atoms with E-state index in [1.165, 1.54) is 0 Å². The minimum Gasteiger partial charge on any atom is -0.444 e. The largest absolute Gasteiger partial charge is 0.444 e. The van der Waals surface area contributed by atoms with Crippen molar-refractivity contribution < 1.29 is 14.6 Å². The van der Waals surface area contributed by atoms with E-state index in [1.807, 2.05) is 25.7 Å². The number of nitrogens with zero attached hydrogens (tertiary/aromatic N) is 2. The second-order valence-corrected chi connectivity index (χ2v) is 7.37. The summed E-state index contributed by atoms with van der Waals surface area (Å²) in [7, 11) is 0. The maximum absolute atomic E-state index is 12.1. The van der Waals surface area contributed by atoms with Crippen molar-refractivity contribution >= 4 is 6.09 Å². The number of aliphatic hydroxyl groups is 1. The van der Waals surface area contributed by atoms with E-state index in [2.05, 4.69) is 11.8 Å². The number of ether oxygens (including phenoxy) is 1. The molecule has 1 atom stereocenters. The average molecular weight is 284 g/mol. The van der Waals surface area contributed by atoms with E-state index in [0.29, 0.717) is 0 Å². The van der Waals surface area contributed by atoms with Gasteiger partial charge in [-0.2, -0.15) is 0 Å². The fraction of sp³-hybridized carbons (Fsp3) is 0.933. The fourth-order valence-corrected chi connectivity index (χ4v) is 3.09. The summed E-state index contributed by atoms with van der Waals surface area (Å²) in [6.07, 6.45) is 2.28. The Balaban J connectivity index is 1.92. The Hall–Kier alpha value is -0.810. The van der Waals surface area contributed by atoms with Gasteiger partial charge in [-0.05, 0) is 47.0 Å². The standard InChI is InChI=1S/C15H28N2O3/c1-14(2,3)20-13(19)16-10-7-15(4,11-16)17-8-5-12(18)6-9-17/h12,18H,5-11H2,1-4H3. The fourth-order valence-electron chi connectivity index (χ4n) is 3.09. The summed E-state index contributed by atoms with van der Waals surface area (Å²) in [4.78, 5) is 16.4. The second-order valence-electron chi connectivity index (χ2n) is 7.37. The number of hydrogen-bond acceptors (Lipinski definition) is 4. The average Bonchev–Trinajstić information content (AvgIpc) is 2.72. The molecule has 2 fully saturated rings. The van der Waals surface area contributed by atoms with Gasteiger partial charge in [-0.15, -0.1) is 0 Å². The van der Waals surface area contributed by atoms with Gasteiger partial charge in [0.2, 0.25) is 0 Å². The number of amides is 1. The number of hydrogen-bond donors (Lipinski definition) is 1. The number of carbonyl (C=O) groups is 1. The van der Waals surface area contributed by atoms with Crippen molar-refractivity contribution in [3.8, 4) is 0 Å². The molecule has 1 amide bonds. The quantitative estimate of drug-likeness (QED) is 0.798. The van der Waals surface area contributed by atoms with Gasteiger partial charge in [-0.3, -0.25) is 4.90 Å². The first kappa shape index (κ1) is 15.6. The summed E-state index contributed by atoms with van der Waals surface area (Å²) in [5.41, 5.74) is -0.414. The third-order valence-corrected chi connectivity index (χ3v) is 4.33. The van der Waals surface area contributed by atoms with E-state index in [4.69, 9.17) is 4.74 Å². The number of carbonyl (C=O) groups excluding carboxylic acids is 1. The molecule has 2 rings (SSSR count). The molecular formula is C15H28N2O3. The zero-order valence-electron chi connectivity index (χ0n) is 13.2. The van der Waals surface area contributed by atoms with E-state index in [0.717, 1.165) is 45.4 Å². The van der Waals surface area contributed by atoms with E-state index in [1.54, 1.807) is 0 Å². The molecule has 1 unspecified atom stereocenters. The number of piperidine rings is 1. The Labute approximate surface area is 121 Å². The zero-order chi connectivity index (χ0) is 15.0. The topological polar surface area (TPSA) is 53.0 Å². The third kappa shape index (κ3) is 3.64. The van der Waals surface area contributed by atoms with E-state index >= 15 is 0 Å². The third-order valence-electron chi connectivity index (χ3n) is 4.33. The molecule has 0 aliphatic carbocycles. The maximum atomic E-state index is 12.1. The molecule has 2 aliphatic heterocycles. The highest BCUT2D eigenvalue weighted by molar-refractivity contribution is 5.68. The number of likely N-dealkylation sites (tertiary alicyclic amines) is 2. The highest BCUT2D eigenvalue weighted by atomic mass is 16.6. The Morgan fingerprint density at radius 2 is 1.85 bits per heavy atom. The van der Waals surface area contributed by atoms with Gasteiger partial charge in [0.15, 0.2) is 0 Å². The summed E-state index contributed by atoms with van der Waals surface area (Å²) >= 11 is 0. The van der Waals surface area contributed by atoms with Gasteiger partial charge in [0.05, 0.1) is 6.10 Å². The van der Waals surface area contributed by atoms with Gasteiger partial charge in [0, 0.05) is 31.7 Å². The van der Waals surface area contributed by atoms with Crippen molar-refractivity contribution in [2.24, 2.45) is 0 Å². The lowest BCUT2D eigenvalue weighted by Crippen LogP contribution is -2.52. The van der Waals surface area contributed by atoms with Crippen LogP contribution >= 0.6 is 0 Å². The molecular weight excluding hydrogens is 256 g/mol. The van der Waals surface area contributed by atoms with Gasteiger partial charge in [0.1, 0.15) is 5.60 Å². The van der Waals surface area contributed by atoms with Crippen LogP contribution in [0.4, 0.5) is 4.79 Å². The van der Waals surface area contributed by atoms with Crippen molar-refractivity contribution in [2.75, 3.05) is 26.2 Å². The first-order valence-electron chi connectivity index (χ1n) is 7.61.